The van der Waals surface area contributed by atoms with E-state index in [0.717, 1.165) is 36.2 Å². The molecule has 0 radical (unpaired) electrons. The number of halogens is 4. The summed E-state index contributed by atoms with van der Waals surface area (Å²) in [6.07, 6.45) is -3.48. The lowest BCUT2D eigenvalue weighted by atomic mass is 10.0. The molecule has 26 heavy (non-hydrogen) atoms. The van der Waals surface area contributed by atoms with E-state index in [-0.39, 0.29) is 30.5 Å². The van der Waals surface area contributed by atoms with E-state index >= 15 is 0 Å². The monoisotopic (exact) mass is 496 g/mol. The molecule has 1 aromatic heterocycles. The van der Waals surface area contributed by atoms with E-state index in [1.807, 2.05) is 19.1 Å². The summed E-state index contributed by atoms with van der Waals surface area (Å²) in [5.74, 6) is 0.709. The molecule has 142 valence electrons. The van der Waals surface area contributed by atoms with E-state index in [0.29, 0.717) is 17.5 Å². The van der Waals surface area contributed by atoms with Crippen molar-refractivity contribution < 1.29 is 13.2 Å². The quantitative estimate of drug-likeness (QED) is 0.392. The van der Waals surface area contributed by atoms with E-state index in [4.69, 9.17) is 0 Å². The summed E-state index contributed by atoms with van der Waals surface area (Å²) in [5, 5.41) is 4.62. The van der Waals surface area contributed by atoms with Crippen molar-refractivity contribution in [1.29, 1.82) is 0 Å². The van der Waals surface area contributed by atoms with Crippen molar-refractivity contribution >= 4 is 41.3 Å². The van der Waals surface area contributed by atoms with Crippen LogP contribution in [0.5, 0.6) is 0 Å². The highest BCUT2D eigenvalue weighted by Crippen LogP contribution is 2.30. The third kappa shape index (κ3) is 5.09. The summed E-state index contributed by atoms with van der Waals surface area (Å²) in [6.45, 7) is 4.38. The minimum absolute atomic E-state index is 0. The second-order valence-electron chi connectivity index (χ2n) is 5.73. The summed E-state index contributed by atoms with van der Waals surface area (Å²) < 4.78 is 37.9. The van der Waals surface area contributed by atoms with Gasteiger partial charge in [-0.05, 0) is 24.5 Å². The number of aliphatic imine (C=N–C) groups is 1. The second-order valence-corrected chi connectivity index (χ2v) is 6.68. The first-order valence-electron chi connectivity index (χ1n) is 8.09. The fourth-order valence-electron chi connectivity index (χ4n) is 2.76. The molecule has 1 N–H and O–H groups in total. The highest BCUT2D eigenvalue weighted by Gasteiger charge is 2.33. The van der Waals surface area contributed by atoms with Gasteiger partial charge in [0, 0.05) is 25.0 Å². The third-order valence-corrected chi connectivity index (χ3v) is 4.80. The predicted octanol–water partition coefficient (Wildman–Crippen LogP) is 4.30. The number of nitrogens with zero attached hydrogens (tertiary/aromatic N) is 3. The van der Waals surface area contributed by atoms with Gasteiger partial charge in [-0.2, -0.15) is 13.2 Å². The van der Waals surface area contributed by atoms with E-state index in [1.165, 1.54) is 11.1 Å². The molecule has 4 nitrogen and oxygen atoms in total. The largest absolute Gasteiger partial charge is 0.434 e. The van der Waals surface area contributed by atoms with Crippen LogP contribution in [0.4, 0.5) is 13.2 Å². The number of thiazole rings is 1. The van der Waals surface area contributed by atoms with Gasteiger partial charge in [0.05, 0.1) is 6.54 Å². The lowest BCUT2D eigenvalue weighted by Gasteiger charge is -2.31. The van der Waals surface area contributed by atoms with Crippen LogP contribution in [0.1, 0.15) is 28.8 Å². The van der Waals surface area contributed by atoms with Gasteiger partial charge in [-0.1, -0.05) is 24.3 Å². The Labute approximate surface area is 171 Å². The number of guanidine groups is 1. The number of hydrogen-bond acceptors (Lipinski definition) is 3. The maximum Gasteiger partial charge on any atom is 0.434 e. The zero-order chi connectivity index (χ0) is 17.9. The Kier molecular flexibility index (Phi) is 7.27. The van der Waals surface area contributed by atoms with E-state index < -0.39 is 11.9 Å². The second kappa shape index (κ2) is 9.03. The summed E-state index contributed by atoms with van der Waals surface area (Å²) in [6, 6.07) is 8.28. The third-order valence-electron chi connectivity index (χ3n) is 3.97. The SMILES string of the molecule is CCNC(=NCc1nc(C(F)(F)F)cs1)N1CCc2ccccc2C1.I. The van der Waals surface area contributed by atoms with Gasteiger partial charge in [-0.25, -0.2) is 9.98 Å². The highest BCUT2D eigenvalue weighted by molar-refractivity contribution is 14.0. The molecule has 1 aliphatic heterocycles. The van der Waals surface area contributed by atoms with Crippen LogP contribution < -0.4 is 5.32 Å². The number of fused-ring (bicyclic) bond motifs is 1. The Hall–Kier alpha value is -1.36. The van der Waals surface area contributed by atoms with Crippen LogP contribution in [0.2, 0.25) is 0 Å². The standard InChI is InChI=1S/C17H19F3N4S.HI/c1-2-21-16(22-9-15-23-14(11-25-15)17(18,19)20)24-8-7-12-5-3-4-6-13(12)10-24;/h3-6,11H,2,7-10H2,1H3,(H,21,22);1H. The summed E-state index contributed by atoms with van der Waals surface area (Å²) >= 11 is 0.987. The molecule has 0 aliphatic carbocycles. The van der Waals surface area contributed by atoms with Crippen LogP contribution in [0.3, 0.4) is 0 Å². The van der Waals surface area contributed by atoms with E-state index in [1.54, 1.807) is 0 Å². The minimum Gasteiger partial charge on any atom is -0.356 e. The molecule has 0 atom stereocenters. The fourth-order valence-corrected chi connectivity index (χ4v) is 3.48. The maximum absolute atomic E-state index is 12.6. The van der Waals surface area contributed by atoms with Crippen molar-refractivity contribution in [2.75, 3.05) is 13.1 Å². The molecule has 0 fully saturated rings. The maximum atomic E-state index is 12.6. The van der Waals surface area contributed by atoms with Crippen LogP contribution in [-0.4, -0.2) is 28.9 Å². The van der Waals surface area contributed by atoms with Gasteiger partial charge in [-0.3, -0.25) is 0 Å². The van der Waals surface area contributed by atoms with Gasteiger partial charge in [0.2, 0.25) is 0 Å². The minimum atomic E-state index is -4.40. The van der Waals surface area contributed by atoms with Crippen LogP contribution in [0.15, 0.2) is 34.6 Å². The zero-order valence-electron chi connectivity index (χ0n) is 14.2. The zero-order valence-corrected chi connectivity index (χ0v) is 17.4. The smallest absolute Gasteiger partial charge is 0.356 e. The van der Waals surface area contributed by atoms with Gasteiger partial charge >= 0.3 is 6.18 Å². The topological polar surface area (TPSA) is 40.5 Å². The van der Waals surface area contributed by atoms with Crippen molar-refractivity contribution in [3.05, 3.63) is 51.5 Å². The number of rotatable bonds is 3. The van der Waals surface area contributed by atoms with Crippen LogP contribution >= 0.6 is 35.3 Å². The molecule has 0 saturated carbocycles. The molecule has 1 aromatic carbocycles. The first-order valence-corrected chi connectivity index (χ1v) is 8.97. The number of alkyl halides is 3. The molecular weight excluding hydrogens is 476 g/mol. The fraction of sp³-hybridized carbons (Fsp3) is 0.412. The van der Waals surface area contributed by atoms with Crippen molar-refractivity contribution in [2.45, 2.75) is 32.6 Å². The Morgan fingerprint density at radius 3 is 2.69 bits per heavy atom. The van der Waals surface area contributed by atoms with Gasteiger partial charge in [0.15, 0.2) is 11.7 Å². The molecule has 0 spiro atoms. The van der Waals surface area contributed by atoms with E-state index in [2.05, 4.69) is 32.3 Å². The normalized spacial score (nSPS) is 14.6. The number of nitrogens with one attached hydrogen (secondary N) is 1. The molecule has 0 bridgehead atoms. The Bertz CT molecular complexity index is 760. The first-order chi connectivity index (χ1) is 12.0. The molecule has 3 rings (SSSR count). The Morgan fingerprint density at radius 2 is 2.04 bits per heavy atom. The van der Waals surface area contributed by atoms with Gasteiger partial charge < -0.3 is 10.2 Å². The van der Waals surface area contributed by atoms with Gasteiger partial charge in [0.25, 0.3) is 0 Å². The van der Waals surface area contributed by atoms with Crippen molar-refractivity contribution in [3.8, 4) is 0 Å². The average Bonchev–Trinajstić information content (AvgIpc) is 3.07. The van der Waals surface area contributed by atoms with Gasteiger partial charge in [-0.15, -0.1) is 35.3 Å². The molecule has 2 aromatic rings. The summed E-state index contributed by atoms with van der Waals surface area (Å²) in [5.41, 5.74) is 1.75. The Balaban J connectivity index is 0.00000243. The van der Waals surface area contributed by atoms with Crippen molar-refractivity contribution in [1.82, 2.24) is 15.2 Å². The molecule has 0 saturated heterocycles. The number of benzene rings is 1. The van der Waals surface area contributed by atoms with Crippen LogP contribution in [0, 0.1) is 0 Å². The molecule has 1 aliphatic rings. The number of hydrogen-bond donors (Lipinski definition) is 1. The lowest BCUT2D eigenvalue weighted by molar-refractivity contribution is -0.140. The molecule has 9 heteroatoms. The van der Waals surface area contributed by atoms with Crippen LogP contribution in [0.25, 0.3) is 0 Å². The highest BCUT2D eigenvalue weighted by atomic mass is 127. The average molecular weight is 496 g/mol. The predicted molar refractivity (Wildman–Crippen MR) is 108 cm³/mol. The number of aromatic nitrogens is 1. The molecular formula is C17H20F3IN4S. The lowest BCUT2D eigenvalue weighted by Crippen LogP contribution is -2.44. The van der Waals surface area contributed by atoms with Crippen molar-refractivity contribution in [2.24, 2.45) is 4.99 Å². The molecule has 0 amide bonds. The van der Waals surface area contributed by atoms with Crippen molar-refractivity contribution in [3.63, 3.8) is 0 Å². The first kappa shape index (κ1) is 20.9. The Morgan fingerprint density at radius 1 is 1.31 bits per heavy atom. The molecule has 0 unspecified atom stereocenters. The summed E-state index contributed by atoms with van der Waals surface area (Å²) in [7, 11) is 0. The van der Waals surface area contributed by atoms with Crippen LogP contribution in [-0.2, 0) is 25.7 Å². The van der Waals surface area contributed by atoms with Gasteiger partial charge in [0.1, 0.15) is 5.01 Å². The molecule has 2 heterocycles. The van der Waals surface area contributed by atoms with E-state index in [9.17, 15) is 13.2 Å². The summed E-state index contributed by atoms with van der Waals surface area (Å²) in [4.78, 5) is 10.3.